The lowest BCUT2D eigenvalue weighted by molar-refractivity contribution is -1.92. The van der Waals surface area contributed by atoms with Crippen LogP contribution in [-0.4, -0.2) is 14.7 Å². The molecule has 0 spiro atoms. The van der Waals surface area contributed by atoms with Crippen LogP contribution in [-0.2, 0) is 13.1 Å². The van der Waals surface area contributed by atoms with Crippen LogP contribution in [0.2, 0.25) is 0 Å². The normalized spacial score (nSPS) is 11.2. The molecule has 0 saturated carbocycles. The average Bonchev–Trinajstić information content (AvgIpc) is 2.45. The van der Waals surface area contributed by atoms with Crippen LogP contribution in [0.25, 0.3) is 0 Å². The minimum Gasteiger partial charge on any atom is -0.203 e. The first-order valence-electron chi connectivity index (χ1n) is 6.63. The second-order valence-corrected chi connectivity index (χ2v) is 6.74. The third-order valence-electron chi connectivity index (χ3n) is 2.37. The number of pyridine rings is 2. The zero-order valence-corrected chi connectivity index (χ0v) is 15.4. The molecule has 0 aliphatic rings. The van der Waals surface area contributed by atoms with Crippen LogP contribution in [0.4, 0.5) is 0 Å². The van der Waals surface area contributed by atoms with Crippen molar-refractivity contribution in [1.82, 2.24) is 0 Å². The van der Waals surface area contributed by atoms with Gasteiger partial charge in [-0.15, -0.1) is 11.6 Å². The number of hydrogen-bond acceptors (Lipinski definition) is 8. The lowest BCUT2D eigenvalue weighted by Crippen LogP contribution is -2.58. The van der Waals surface area contributed by atoms with Gasteiger partial charge in [0.1, 0.15) is 0 Å². The van der Waals surface area contributed by atoms with Gasteiger partial charge in [-0.05, 0) is 0 Å². The summed E-state index contributed by atoms with van der Waals surface area (Å²) in [4.78, 5) is 0. The molecular weight excluding hydrogens is 419 g/mol. The standard InChI is InChI=1S/C13H15ClN2.2ClHO4/c14-13(11-15-7-3-1-4-8-15)12-16-9-5-2-6-10-16;2*2-1(3,4)5/h1-10,13H,11-12H2;2*(H,2,3,4,5)/q+2;;. The Morgan fingerprint density at radius 3 is 1.12 bits per heavy atom. The van der Waals surface area contributed by atoms with Crippen LogP contribution in [0, 0.1) is 20.5 Å². The third-order valence-corrected chi connectivity index (χ3v) is 2.65. The van der Waals surface area contributed by atoms with Crippen molar-refractivity contribution < 1.29 is 66.9 Å². The van der Waals surface area contributed by atoms with Gasteiger partial charge in [-0.25, -0.2) is 9.13 Å². The van der Waals surface area contributed by atoms with Crippen molar-refractivity contribution in [2.75, 3.05) is 0 Å². The minimum absolute atomic E-state index is 0.0970. The summed E-state index contributed by atoms with van der Waals surface area (Å²) in [5, 5.41) is 0.0970. The van der Waals surface area contributed by atoms with E-state index in [1.807, 2.05) is 61.2 Å². The highest BCUT2D eigenvalue weighted by atomic mass is 35.7. The molecule has 2 aromatic rings. The highest BCUT2D eigenvalue weighted by Gasteiger charge is 2.15. The molecule has 13 heteroatoms. The van der Waals surface area contributed by atoms with Gasteiger partial charge in [-0.3, -0.25) is 0 Å². The first-order chi connectivity index (χ1) is 11.8. The lowest BCUT2D eigenvalue weighted by Gasteiger charge is -2.03. The Kier molecular flexibility index (Phi) is 11.7. The minimum atomic E-state index is -4.69. The van der Waals surface area contributed by atoms with Gasteiger partial charge >= 0.3 is 0 Å². The summed E-state index contributed by atoms with van der Waals surface area (Å²) in [6.07, 6.45) is 8.13. The monoisotopic (exact) mass is 434 g/mol. The summed E-state index contributed by atoms with van der Waals surface area (Å²) in [5.74, 6) is 0. The van der Waals surface area contributed by atoms with Crippen molar-refractivity contribution in [3.8, 4) is 0 Å². The molecule has 26 heavy (non-hydrogen) atoms. The maximum absolute atomic E-state index is 8.60. The van der Waals surface area contributed by atoms with Crippen LogP contribution in [0.3, 0.4) is 0 Å². The van der Waals surface area contributed by atoms with E-state index in [1.54, 1.807) is 0 Å². The number of halogens is 3. The summed E-state index contributed by atoms with van der Waals surface area (Å²) in [6.45, 7) is 1.65. The van der Waals surface area contributed by atoms with Gasteiger partial charge in [0, 0.05) is 24.3 Å². The molecule has 2 rings (SSSR count). The van der Waals surface area contributed by atoms with Gasteiger partial charge in [-0.1, -0.05) is 12.1 Å². The second-order valence-electron chi connectivity index (χ2n) is 4.53. The van der Waals surface area contributed by atoms with Crippen molar-refractivity contribution in [1.29, 1.82) is 0 Å². The van der Waals surface area contributed by atoms with E-state index in [2.05, 4.69) is 9.13 Å². The fourth-order valence-electron chi connectivity index (χ4n) is 1.63. The summed E-state index contributed by atoms with van der Waals surface area (Å²) >= 11 is 6.31. The van der Waals surface area contributed by atoms with Crippen LogP contribution < -0.4 is 37.1 Å². The molecule has 2 N–H and O–H groups in total. The van der Waals surface area contributed by atoms with Crippen molar-refractivity contribution in [2.45, 2.75) is 18.5 Å². The fourth-order valence-corrected chi connectivity index (χ4v) is 1.95. The summed E-state index contributed by atoms with van der Waals surface area (Å²) in [6, 6.07) is 12.1. The van der Waals surface area contributed by atoms with Crippen LogP contribution >= 0.6 is 11.6 Å². The Hall–Kier alpha value is -1.15. The fraction of sp³-hybridized carbons (Fsp3) is 0.231. The Labute approximate surface area is 158 Å². The molecule has 10 nitrogen and oxygen atoms in total. The zero-order valence-electron chi connectivity index (χ0n) is 13.1. The molecule has 0 amide bonds. The van der Waals surface area contributed by atoms with Gasteiger partial charge in [0.2, 0.25) is 0 Å². The second kappa shape index (κ2) is 12.3. The molecule has 0 radical (unpaired) electrons. The number of rotatable bonds is 4. The van der Waals surface area contributed by atoms with E-state index in [0.29, 0.717) is 0 Å². The molecule has 0 aliphatic heterocycles. The molecule has 0 bridgehead atoms. The topological polar surface area (TPSA) is 187 Å². The lowest BCUT2D eigenvalue weighted by atomic mass is 10.3. The van der Waals surface area contributed by atoms with Crippen LogP contribution in [0.5, 0.6) is 0 Å². The highest BCUT2D eigenvalue weighted by Crippen LogP contribution is 1.96. The van der Waals surface area contributed by atoms with Gasteiger partial charge in [0.25, 0.3) is 0 Å². The number of aromatic nitrogens is 2. The Morgan fingerprint density at radius 1 is 0.654 bits per heavy atom. The highest BCUT2D eigenvalue weighted by molar-refractivity contribution is 6.20. The molecule has 0 unspecified atom stereocenters. The van der Waals surface area contributed by atoms with Gasteiger partial charge in [0.05, 0.1) is 29.8 Å². The van der Waals surface area contributed by atoms with E-state index >= 15 is 0 Å². The van der Waals surface area contributed by atoms with Crippen molar-refractivity contribution >= 4 is 11.6 Å². The molecule has 2 heterocycles. The summed E-state index contributed by atoms with van der Waals surface area (Å²) in [7, 11) is -9.39. The van der Waals surface area contributed by atoms with E-state index in [0.717, 1.165) is 13.1 Å². The predicted octanol–water partition coefficient (Wildman–Crippen LogP) is -6.68. The molecule has 2 aromatic heterocycles. The molecule has 0 aliphatic carbocycles. The first-order valence-corrected chi connectivity index (χ1v) is 9.59. The van der Waals surface area contributed by atoms with E-state index in [1.165, 1.54) is 0 Å². The van der Waals surface area contributed by atoms with E-state index in [9.17, 15) is 0 Å². The van der Waals surface area contributed by atoms with Gasteiger partial charge in [0.15, 0.2) is 43.3 Å². The average molecular weight is 436 g/mol. The van der Waals surface area contributed by atoms with E-state index < -0.39 is 20.5 Å². The molecule has 0 aromatic carbocycles. The first kappa shape index (κ1) is 24.8. The van der Waals surface area contributed by atoms with Crippen molar-refractivity contribution in [3.05, 3.63) is 61.2 Å². The largest absolute Gasteiger partial charge is 0.203 e. The number of hydrogen-bond donors (Lipinski definition) is 2. The van der Waals surface area contributed by atoms with Gasteiger partial charge < -0.3 is 0 Å². The quantitative estimate of drug-likeness (QED) is 0.350. The maximum Gasteiger partial charge on any atom is 0.170 e. The van der Waals surface area contributed by atoms with E-state index in [4.69, 9.17) is 48.9 Å². The Morgan fingerprint density at radius 2 is 0.885 bits per heavy atom. The number of nitrogens with zero attached hydrogens (tertiary/aromatic N) is 2. The molecular formula is C13H17Cl3N2O8+2. The maximum atomic E-state index is 8.60. The van der Waals surface area contributed by atoms with Crippen molar-refractivity contribution in [2.24, 2.45) is 0 Å². The smallest absolute Gasteiger partial charge is 0.170 e. The Bertz CT molecular complexity index is 530. The Balaban J connectivity index is 0.000000520. The molecule has 0 fully saturated rings. The number of alkyl halides is 1. The van der Waals surface area contributed by atoms with Crippen molar-refractivity contribution in [3.63, 3.8) is 0 Å². The van der Waals surface area contributed by atoms with Crippen LogP contribution in [0.1, 0.15) is 0 Å². The SMILES string of the molecule is ClC(C[n+]1ccccc1)C[n+]1ccccc1.[O-][Cl+3]([O-])([O-])O.[O-][Cl+3]([O-])([O-])O. The molecule has 146 valence electrons. The molecule has 0 atom stereocenters. The van der Waals surface area contributed by atoms with E-state index in [-0.39, 0.29) is 5.38 Å². The van der Waals surface area contributed by atoms with Gasteiger partial charge in [-0.2, -0.15) is 28.0 Å². The summed E-state index contributed by atoms with van der Waals surface area (Å²) < 4.78 is 69.6. The third kappa shape index (κ3) is 20.9. The summed E-state index contributed by atoms with van der Waals surface area (Å²) in [5.41, 5.74) is 0. The van der Waals surface area contributed by atoms with Crippen LogP contribution in [0.15, 0.2) is 61.2 Å². The predicted molar refractivity (Wildman–Crippen MR) is 67.4 cm³/mol. The zero-order chi connectivity index (χ0) is 20.2. The molecule has 0 saturated heterocycles.